The average molecular weight is 467 g/mol. The van der Waals surface area contributed by atoms with E-state index in [9.17, 15) is 4.79 Å². The number of rotatable bonds is 4. The maximum Gasteiger partial charge on any atom is 0.234 e. The monoisotopic (exact) mass is 464 g/mol. The first-order valence-corrected chi connectivity index (χ1v) is 9.43. The summed E-state index contributed by atoms with van der Waals surface area (Å²) in [6.45, 7) is 0. The van der Waals surface area contributed by atoms with Crippen molar-refractivity contribution in [2.75, 3.05) is 11.1 Å². The molecule has 0 saturated heterocycles. The summed E-state index contributed by atoms with van der Waals surface area (Å²) in [5, 5.41) is 12.6. The largest absolute Gasteiger partial charge is 0.324 e. The molecule has 2 aromatic heterocycles. The number of nitrogens with zero attached hydrogens (tertiary/aromatic N) is 3. The predicted molar refractivity (Wildman–Crippen MR) is 102 cm³/mol. The van der Waals surface area contributed by atoms with Crippen LogP contribution in [0, 0.1) is 0 Å². The lowest BCUT2D eigenvalue weighted by Gasteiger charge is -2.07. The van der Waals surface area contributed by atoms with E-state index in [4.69, 9.17) is 34.8 Å². The molecule has 24 heavy (non-hydrogen) atoms. The molecule has 0 aliphatic rings. The first-order valence-electron chi connectivity index (χ1n) is 6.51. The number of thioether (sulfide) groups is 1. The van der Waals surface area contributed by atoms with E-state index in [-0.39, 0.29) is 11.7 Å². The summed E-state index contributed by atoms with van der Waals surface area (Å²) in [6.07, 6.45) is 1.65. The van der Waals surface area contributed by atoms with E-state index in [1.165, 1.54) is 11.8 Å². The molecule has 3 rings (SSSR count). The zero-order chi connectivity index (χ0) is 17.3. The number of anilines is 1. The summed E-state index contributed by atoms with van der Waals surface area (Å²) in [6, 6.07) is 6.82. The molecule has 0 radical (unpaired) electrons. The maximum atomic E-state index is 12.1. The molecular formula is C14H8BrCl3N4OS. The number of amides is 1. The zero-order valence-corrected chi connectivity index (χ0v) is 16.4. The highest BCUT2D eigenvalue weighted by Crippen LogP contribution is 2.27. The van der Waals surface area contributed by atoms with Gasteiger partial charge in [-0.1, -0.05) is 62.5 Å². The molecule has 124 valence electrons. The lowest BCUT2D eigenvalue weighted by molar-refractivity contribution is -0.113. The normalized spacial score (nSPS) is 11.0. The Kier molecular flexibility index (Phi) is 5.56. The summed E-state index contributed by atoms with van der Waals surface area (Å²) in [5.74, 6) is -0.0776. The van der Waals surface area contributed by atoms with Crippen LogP contribution in [-0.4, -0.2) is 26.3 Å². The van der Waals surface area contributed by atoms with E-state index in [0.29, 0.717) is 31.6 Å². The highest BCUT2D eigenvalue weighted by atomic mass is 79.9. The number of pyridine rings is 1. The molecule has 2 heterocycles. The summed E-state index contributed by atoms with van der Waals surface area (Å²) in [7, 11) is 0. The molecular weight excluding hydrogens is 459 g/mol. The molecule has 0 aliphatic carbocycles. The summed E-state index contributed by atoms with van der Waals surface area (Å²) in [4.78, 5) is 12.1. The highest BCUT2D eigenvalue weighted by molar-refractivity contribution is 9.10. The second-order valence-corrected chi connectivity index (χ2v) is 7.75. The van der Waals surface area contributed by atoms with Crippen molar-refractivity contribution in [2.45, 2.75) is 5.16 Å². The number of nitrogens with one attached hydrogen (secondary N) is 1. The third-order valence-electron chi connectivity index (χ3n) is 2.93. The van der Waals surface area contributed by atoms with Crippen LogP contribution in [0.4, 0.5) is 5.69 Å². The smallest absolute Gasteiger partial charge is 0.234 e. The minimum atomic E-state index is -0.214. The van der Waals surface area contributed by atoms with Crippen LogP contribution in [0.3, 0.4) is 0 Å². The van der Waals surface area contributed by atoms with E-state index in [0.717, 1.165) is 4.47 Å². The Morgan fingerprint density at radius 3 is 2.75 bits per heavy atom. The Labute approximate surface area is 164 Å². The van der Waals surface area contributed by atoms with E-state index in [2.05, 4.69) is 31.4 Å². The molecule has 0 unspecified atom stereocenters. The topological polar surface area (TPSA) is 59.3 Å². The Bertz CT molecular complexity index is 934. The number of aromatic nitrogens is 3. The molecule has 3 aromatic rings. The molecule has 1 aromatic carbocycles. The van der Waals surface area contributed by atoms with Gasteiger partial charge in [-0.2, -0.15) is 0 Å². The number of benzene rings is 1. The Morgan fingerprint density at radius 2 is 2.00 bits per heavy atom. The van der Waals surface area contributed by atoms with Crippen molar-refractivity contribution >= 4 is 79.7 Å². The second kappa shape index (κ2) is 7.49. The lowest BCUT2D eigenvalue weighted by Crippen LogP contribution is -2.14. The molecule has 0 atom stereocenters. The molecule has 0 fully saturated rings. The van der Waals surface area contributed by atoms with Crippen LogP contribution < -0.4 is 5.32 Å². The van der Waals surface area contributed by atoms with Gasteiger partial charge in [-0.15, -0.1) is 10.2 Å². The van der Waals surface area contributed by atoms with Crippen molar-refractivity contribution < 1.29 is 4.79 Å². The molecule has 1 amide bonds. The second-order valence-electron chi connectivity index (χ2n) is 4.64. The van der Waals surface area contributed by atoms with Crippen molar-refractivity contribution in [2.24, 2.45) is 0 Å². The van der Waals surface area contributed by atoms with Gasteiger partial charge in [0.15, 0.2) is 10.8 Å². The minimum Gasteiger partial charge on any atom is -0.324 e. The number of halogens is 4. The van der Waals surface area contributed by atoms with E-state index in [1.807, 2.05) is 0 Å². The van der Waals surface area contributed by atoms with Gasteiger partial charge in [0.05, 0.1) is 26.5 Å². The summed E-state index contributed by atoms with van der Waals surface area (Å²) >= 11 is 22.7. The van der Waals surface area contributed by atoms with Gasteiger partial charge < -0.3 is 5.32 Å². The maximum absolute atomic E-state index is 12.1. The molecule has 1 N–H and O–H groups in total. The van der Waals surface area contributed by atoms with Crippen LogP contribution in [-0.2, 0) is 4.79 Å². The van der Waals surface area contributed by atoms with E-state index >= 15 is 0 Å². The van der Waals surface area contributed by atoms with Gasteiger partial charge in [-0.3, -0.25) is 9.20 Å². The van der Waals surface area contributed by atoms with Gasteiger partial charge in [0.2, 0.25) is 5.91 Å². The Balaban J connectivity index is 1.70. The van der Waals surface area contributed by atoms with Crippen molar-refractivity contribution in [3.8, 4) is 0 Å². The number of carbonyl (C=O) groups is 1. The third kappa shape index (κ3) is 3.97. The first kappa shape index (κ1) is 17.8. The van der Waals surface area contributed by atoms with Gasteiger partial charge >= 0.3 is 0 Å². The van der Waals surface area contributed by atoms with Crippen LogP contribution in [0.25, 0.3) is 5.65 Å². The van der Waals surface area contributed by atoms with E-state index < -0.39 is 0 Å². The minimum absolute atomic E-state index is 0.136. The number of carbonyl (C=O) groups excluding carboxylic acids is 1. The van der Waals surface area contributed by atoms with Gasteiger partial charge in [-0.05, 0) is 24.3 Å². The fourth-order valence-electron chi connectivity index (χ4n) is 1.91. The van der Waals surface area contributed by atoms with Crippen LogP contribution in [0.15, 0.2) is 40.1 Å². The summed E-state index contributed by atoms with van der Waals surface area (Å²) in [5.41, 5.74) is 1.03. The predicted octanol–water partition coefficient (Wildman–Crippen LogP) is 5.18. The molecule has 0 spiro atoms. The molecule has 0 aliphatic heterocycles. The van der Waals surface area contributed by atoms with Crippen molar-refractivity contribution in [1.29, 1.82) is 0 Å². The van der Waals surface area contributed by atoms with Crippen LogP contribution in [0.2, 0.25) is 15.1 Å². The SMILES string of the molecule is O=C(CSc1nnc2c(Cl)cc(Cl)cn12)Nc1ccc(Br)cc1Cl. The van der Waals surface area contributed by atoms with Gasteiger partial charge in [0.1, 0.15) is 0 Å². The van der Waals surface area contributed by atoms with Gasteiger partial charge in [-0.25, -0.2) is 0 Å². The van der Waals surface area contributed by atoms with Crippen molar-refractivity contribution in [3.05, 3.63) is 50.0 Å². The van der Waals surface area contributed by atoms with Crippen LogP contribution in [0.1, 0.15) is 0 Å². The Morgan fingerprint density at radius 1 is 1.21 bits per heavy atom. The Hall–Kier alpha value is -0.990. The molecule has 0 bridgehead atoms. The number of fused-ring (bicyclic) bond motifs is 1. The lowest BCUT2D eigenvalue weighted by atomic mass is 10.3. The highest BCUT2D eigenvalue weighted by Gasteiger charge is 2.13. The van der Waals surface area contributed by atoms with Crippen LogP contribution in [0.5, 0.6) is 0 Å². The first-order chi connectivity index (χ1) is 11.4. The standard InChI is InChI=1S/C14H8BrCl3N4OS/c15-7-1-2-11(9(17)3-7)19-12(23)6-24-14-21-20-13-10(18)4-8(16)5-22(13)14/h1-5H,6H2,(H,19,23). The van der Waals surface area contributed by atoms with Gasteiger partial charge in [0, 0.05) is 10.7 Å². The molecule has 5 nitrogen and oxygen atoms in total. The van der Waals surface area contributed by atoms with Crippen molar-refractivity contribution in [1.82, 2.24) is 14.6 Å². The number of hydrogen-bond donors (Lipinski definition) is 1. The average Bonchev–Trinajstić information content (AvgIpc) is 2.91. The van der Waals surface area contributed by atoms with Gasteiger partial charge in [0.25, 0.3) is 0 Å². The zero-order valence-electron chi connectivity index (χ0n) is 11.8. The molecule has 0 saturated carbocycles. The quantitative estimate of drug-likeness (QED) is 0.538. The third-order valence-corrected chi connectivity index (χ3v) is 5.17. The van der Waals surface area contributed by atoms with Crippen LogP contribution >= 0.6 is 62.5 Å². The fourth-order valence-corrected chi connectivity index (χ4v) is 3.85. The fraction of sp³-hybridized carbons (Fsp3) is 0.0714. The summed E-state index contributed by atoms with van der Waals surface area (Å²) < 4.78 is 2.48. The van der Waals surface area contributed by atoms with E-state index in [1.54, 1.807) is 34.9 Å². The number of hydrogen-bond acceptors (Lipinski definition) is 4. The molecule has 10 heteroatoms. The van der Waals surface area contributed by atoms with Crippen molar-refractivity contribution in [3.63, 3.8) is 0 Å².